The van der Waals surface area contributed by atoms with Gasteiger partial charge in [-0.15, -0.1) is 10.2 Å². The van der Waals surface area contributed by atoms with Crippen LogP contribution in [0, 0.1) is 0 Å². The SMILES string of the molecule is CCCn1c(SCc2nc3ccccc3o2)nnc1-c1ccncc1. The molecule has 0 fully saturated rings. The van der Waals surface area contributed by atoms with Crippen LogP contribution in [0.5, 0.6) is 0 Å². The highest BCUT2D eigenvalue weighted by Crippen LogP contribution is 2.27. The molecule has 0 aliphatic rings. The number of aromatic nitrogens is 5. The summed E-state index contributed by atoms with van der Waals surface area (Å²) < 4.78 is 7.92. The number of pyridine rings is 1. The molecule has 0 bridgehead atoms. The largest absolute Gasteiger partial charge is 0.440 e. The van der Waals surface area contributed by atoms with Crippen LogP contribution in [0.2, 0.25) is 0 Å². The normalized spacial score (nSPS) is 11.2. The first-order valence-electron chi connectivity index (χ1n) is 8.16. The van der Waals surface area contributed by atoms with Crippen molar-refractivity contribution >= 4 is 22.9 Å². The summed E-state index contributed by atoms with van der Waals surface area (Å²) in [5.74, 6) is 2.18. The number of rotatable bonds is 6. The van der Waals surface area contributed by atoms with Gasteiger partial charge in [0.05, 0.1) is 5.75 Å². The molecular formula is C18H17N5OS. The molecule has 0 saturated carbocycles. The highest BCUT2D eigenvalue weighted by molar-refractivity contribution is 7.98. The second kappa shape index (κ2) is 7.06. The number of oxazole rings is 1. The van der Waals surface area contributed by atoms with Crippen molar-refractivity contribution in [3.8, 4) is 11.4 Å². The van der Waals surface area contributed by atoms with Crippen molar-refractivity contribution in [1.29, 1.82) is 0 Å². The molecule has 25 heavy (non-hydrogen) atoms. The molecule has 0 N–H and O–H groups in total. The number of nitrogens with zero attached hydrogens (tertiary/aromatic N) is 5. The summed E-state index contributed by atoms with van der Waals surface area (Å²) >= 11 is 1.59. The fourth-order valence-corrected chi connectivity index (χ4v) is 3.45. The number of hydrogen-bond donors (Lipinski definition) is 0. The van der Waals surface area contributed by atoms with Crippen LogP contribution >= 0.6 is 11.8 Å². The number of thioether (sulfide) groups is 1. The number of benzene rings is 1. The molecule has 1 aromatic carbocycles. The average Bonchev–Trinajstić information content (AvgIpc) is 3.24. The monoisotopic (exact) mass is 351 g/mol. The summed E-state index contributed by atoms with van der Waals surface area (Å²) in [7, 11) is 0. The zero-order valence-corrected chi connectivity index (χ0v) is 14.6. The molecule has 3 heterocycles. The van der Waals surface area contributed by atoms with E-state index in [2.05, 4.69) is 31.7 Å². The molecular weight excluding hydrogens is 334 g/mol. The molecule has 7 heteroatoms. The van der Waals surface area contributed by atoms with Crippen molar-refractivity contribution in [3.63, 3.8) is 0 Å². The Bertz CT molecular complexity index is 946. The topological polar surface area (TPSA) is 69.6 Å². The van der Waals surface area contributed by atoms with Gasteiger partial charge < -0.3 is 8.98 Å². The first-order chi connectivity index (χ1) is 12.3. The number of para-hydroxylation sites is 2. The van der Waals surface area contributed by atoms with Crippen LogP contribution < -0.4 is 0 Å². The van der Waals surface area contributed by atoms with Crippen molar-refractivity contribution < 1.29 is 4.42 Å². The van der Waals surface area contributed by atoms with E-state index in [1.54, 1.807) is 24.2 Å². The van der Waals surface area contributed by atoms with Gasteiger partial charge in [-0.25, -0.2) is 4.98 Å². The van der Waals surface area contributed by atoms with Crippen molar-refractivity contribution in [2.24, 2.45) is 0 Å². The van der Waals surface area contributed by atoms with Crippen LogP contribution in [0.1, 0.15) is 19.2 Å². The lowest BCUT2D eigenvalue weighted by atomic mass is 10.2. The Balaban J connectivity index is 1.58. The Kier molecular flexibility index (Phi) is 4.47. The van der Waals surface area contributed by atoms with E-state index >= 15 is 0 Å². The van der Waals surface area contributed by atoms with Gasteiger partial charge in [0, 0.05) is 24.5 Å². The fraction of sp³-hybridized carbons (Fsp3) is 0.222. The minimum Gasteiger partial charge on any atom is -0.440 e. The minimum atomic E-state index is 0.618. The van der Waals surface area contributed by atoms with Gasteiger partial charge in [-0.3, -0.25) is 4.98 Å². The molecule has 0 aliphatic heterocycles. The van der Waals surface area contributed by atoms with Crippen LogP contribution in [0.15, 0.2) is 58.4 Å². The summed E-state index contributed by atoms with van der Waals surface area (Å²) in [5.41, 5.74) is 2.71. The van der Waals surface area contributed by atoms with Crippen LogP contribution in [0.4, 0.5) is 0 Å². The Morgan fingerprint density at radius 2 is 1.92 bits per heavy atom. The van der Waals surface area contributed by atoms with E-state index in [1.165, 1.54) is 0 Å². The molecule has 0 radical (unpaired) electrons. The summed E-state index contributed by atoms with van der Waals surface area (Å²) in [6, 6.07) is 11.7. The number of hydrogen-bond acceptors (Lipinski definition) is 6. The molecule has 4 rings (SSSR count). The van der Waals surface area contributed by atoms with E-state index in [-0.39, 0.29) is 0 Å². The Morgan fingerprint density at radius 1 is 1.08 bits per heavy atom. The Labute approximate surface area is 149 Å². The third-order valence-electron chi connectivity index (χ3n) is 3.77. The van der Waals surface area contributed by atoms with Crippen LogP contribution in [0.3, 0.4) is 0 Å². The number of fused-ring (bicyclic) bond motifs is 1. The quantitative estimate of drug-likeness (QED) is 0.485. The van der Waals surface area contributed by atoms with E-state index in [0.717, 1.165) is 40.6 Å². The molecule has 6 nitrogen and oxygen atoms in total. The maximum Gasteiger partial charge on any atom is 0.205 e. The van der Waals surface area contributed by atoms with Gasteiger partial charge in [0.1, 0.15) is 5.52 Å². The molecule has 3 aromatic heterocycles. The van der Waals surface area contributed by atoms with Crippen molar-refractivity contribution in [3.05, 3.63) is 54.7 Å². The fourth-order valence-electron chi connectivity index (χ4n) is 2.64. The first-order valence-corrected chi connectivity index (χ1v) is 9.14. The standard InChI is InChI=1S/C18H17N5OS/c1-2-11-23-17(13-7-9-19-10-8-13)21-22-18(23)25-12-16-20-14-5-3-4-6-15(14)24-16/h3-10H,2,11-12H2,1H3. The minimum absolute atomic E-state index is 0.618. The van der Waals surface area contributed by atoms with E-state index in [9.17, 15) is 0 Å². The third kappa shape index (κ3) is 3.28. The second-order valence-corrected chi connectivity index (χ2v) is 6.50. The van der Waals surface area contributed by atoms with Gasteiger partial charge in [-0.1, -0.05) is 30.8 Å². The highest BCUT2D eigenvalue weighted by Gasteiger charge is 2.15. The maximum absolute atomic E-state index is 5.78. The van der Waals surface area contributed by atoms with Crippen LogP contribution in [-0.2, 0) is 12.3 Å². The lowest BCUT2D eigenvalue weighted by Gasteiger charge is -2.08. The molecule has 0 spiro atoms. The highest BCUT2D eigenvalue weighted by atomic mass is 32.2. The van der Waals surface area contributed by atoms with Crippen LogP contribution in [0.25, 0.3) is 22.5 Å². The average molecular weight is 351 g/mol. The zero-order valence-electron chi connectivity index (χ0n) is 13.8. The molecule has 0 saturated heterocycles. The lowest BCUT2D eigenvalue weighted by molar-refractivity contribution is 0.555. The summed E-state index contributed by atoms with van der Waals surface area (Å²) in [6.45, 7) is 3.01. The first kappa shape index (κ1) is 15.8. The van der Waals surface area contributed by atoms with Crippen molar-refractivity contribution in [2.45, 2.75) is 30.8 Å². The predicted octanol–water partition coefficient (Wildman–Crippen LogP) is 4.18. The maximum atomic E-state index is 5.78. The van der Waals surface area contributed by atoms with Gasteiger partial charge in [-0.2, -0.15) is 0 Å². The molecule has 0 amide bonds. The predicted molar refractivity (Wildman–Crippen MR) is 97.1 cm³/mol. The molecule has 0 aliphatic carbocycles. The van der Waals surface area contributed by atoms with Gasteiger partial charge in [-0.05, 0) is 30.7 Å². The summed E-state index contributed by atoms with van der Waals surface area (Å²) in [4.78, 5) is 8.58. The molecule has 0 atom stereocenters. The zero-order chi connectivity index (χ0) is 17.1. The molecule has 0 unspecified atom stereocenters. The van der Waals surface area contributed by atoms with E-state index in [4.69, 9.17) is 4.42 Å². The summed E-state index contributed by atoms with van der Waals surface area (Å²) in [6.07, 6.45) is 4.55. The van der Waals surface area contributed by atoms with Gasteiger partial charge in [0.25, 0.3) is 0 Å². The van der Waals surface area contributed by atoms with Gasteiger partial charge in [0.15, 0.2) is 16.6 Å². The van der Waals surface area contributed by atoms with E-state index in [0.29, 0.717) is 11.6 Å². The van der Waals surface area contributed by atoms with Crippen molar-refractivity contribution in [1.82, 2.24) is 24.7 Å². The lowest BCUT2D eigenvalue weighted by Crippen LogP contribution is -2.02. The molecule has 4 aromatic rings. The van der Waals surface area contributed by atoms with Crippen LogP contribution in [-0.4, -0.2) is 24.7 Å². The second-order valence-electron chi connectivity index (χ2n) is 5.56. The van der Waals surface area contributed by atoms with Gasteiger partial charge in [0.2, 0.25) is 5.89 Å². The Morgan fingerprint density at radius 3 is 2.72 bits per heavy atom. The van der Waals surface area contributed by atoms with E-state index in [1.807, 2.05) is 36.4 Å². The third-order valence-corrected chi connectivity index (χ3v) is 4.72. The Hall–Kier alpha value is -2.67. The van der Waals surface area contributed by atoms with Gasteiger partial charge >= 0.3 is 0 Å². The van der Waals surface area contributed by atoms with E-state index < -0.39 is 0 Å². The van der Waals surface area contributed by atoms with Crippen molar-refractivity contribution in [2.75, 3.05) is 0 Å². The summed E-state index contributed by atoms with van der Waals surface area (Å²) in [5, 5.41) is 9.61. The smallest absolute Gasteiger partial charge is 0.205 e. The molecule has 126 valence electrons.